The number of nitrogens with zero attached hydrogens (tertiary/aromatic N) is 1. The minimum atomic E-state index is -3.65. The highest BCUT2D eigenvalue weighted by Crippen LogP contribution is 2.39. The zero-order chi connectivity index (χ0) is 21.9. The molecule has 1 heterocycles. The van der Waals surface area contributed by atoms with Crippen LogP contribution in [0.1, 0.15) is 47.3 Å². The summed E-state index contributed by atoms with van der Waals surface area (Å²) in [6.07, 6.45) is 1.67. The number of likely N-dealkylation sites (tertiary alicyclic amines) is 1. The van der Waals surface area contributed by atoms with E-state index >= 15 is 0 Å². The number of methoxy groups -OCH3 is 2. The van der Waals surface area contributed by atoms with Crippen molar-refractivity contribution in [1.82, 2.24) is 9.62 Å². The van der Waals surface area contributed by atoms with Crippen LogP contribution in [-0.2, 0) is 10.0 Å². The maximum absolute atomic E-state index is 13.5. The fourth-order valence-electron chi connectivity index (χ4n) is 3.85. The Hall–Kier alpha value is -2.58. The Morgan fingerprint density at radius 2 is 1.93 bits per heavy atom. The molecular weight excluding hydrogens is 404 g/mol. The van der Waals surface area contributed by atoms with Gasteiger partial charge in [0.25, 0.3) is 5.91 Å². The molecule has 1 unspecified atom stereocenters. The van der Waals surface area contributed by atoms with E-state index < -0.39 is 10.0 Å². The van der Waals surface area contributed by atoms with Crippen LogP contribution in [0.5, 0.6) is 11.5 Å². The molecule has 2 aromatic rings. The van der Waals surface area contributed by atoms with E-state index in [2.05, 4.69) is 4.72 Å². The van der Waals surface area contributed by atoms with E-state index in [0.717, 1.165) is 24.0 Å². The van der Waals surface area contributed by atoms with Crippen LogP contribution in [0.2, 0.25) is 0 Å². The number of sulfonamides is 1. The maximum atomic E-state index is 13.5. The molecule has 0 aliphatic carbocycles. The molecule has 0 saturated carbocycles. The molecule has 0 radical (unpaired) electrons. The fourth-order valence-corrected chi connectivity index (χ4v) is 4.92. The third-order valence-electron chi connectivity index (χ3n) is 5.40. The zero-order valence-electron chi connectivity index (χ0n) is 17.8. The topological polar surface area (TPSA) is 84.9 Å². The van der Waals surface area contributed by atoms with Gasteiger partial charge >= 0.3 is 0 Å². The summed E-state index contributed by atoms with van der Waals surface area (Å²) in [6, 6.07) is 10.1. The number of carbonyl (C=O) groups is 1. The Morgan fingerprint density at radius 1 is 1.17 bits per heavy atom. The van der Waals surface area contributed by atoms with Crippen molar-refractivity contribution in [3.63, 3.8) is 0 Å². The van der Waals surface area contributed by atoms with Crippen LogP contribution < -0.4 is 14.2 Å². The van der Waals surface area contributed by atoms with E-state index in [9.17, 15) is 13.2 Å². The van der Waals surface area contributed by atoms with Gasteiger partial charge in [-0.2, -0.15) is 0 Å². The summed E-state index contributed by atoms with van der Waals surface area (Å²) in [6.45, 7) is 4.41. The van der Waals surface area contributed by atoms with Gasteiger partial charge in [0.15, 0.2) is 0 Å². The minimum Gasteiger partial charge on any atom is -0.497 e. The smallest absolute Gasteiger partial charge is 0.254 e. The molecule has 0 spiro atoms. The minimum absolute atomic E-state index is 0.0936. The van der Waals surface area contributed by atoms with Crippen molar-refractivity contribution in [3.05, 3.63) is 53.1 Å². The second-order valence-electron chi connectivity index (χ2n) is 7.24. The van der Waals surface area contributed by atoms with E-state index in [4.69, 9.17) is 9.47 Å². The Balaban J connectivity index is 1.97. The van der Waals surface area contributed by atoms with Crippen molar-refractivity contribution in [1.29, 1.82) is 0 Å². The van der Waals surface area contributed by atoms with Crippen LogP contribution in [0, 0.1) is 6.92 Å². The molecule has 1 amide bonds. The van der Waals surface area contributed by atoms with Gasteiger partial charge in [0.2, 0.25) is 10.0 Å². The second kappa shape index (κ2) is 9.06. The molecule has 0 aromatic heterocycles. The highest BCUT2D eigenvalue weighted by molar-refractivity contribution is 7.89. The number of hydrogen-bond donors (Lipinski definition) is 1. The van der Waals surface area contributed by atoms with Crippen molar-refractivity contribution in [2.24, 2.45) is 0 Å². The van der Waals surface area contributed by atoms with Gasteiger partial charge in [0, 0.05) is 30.3 Å². The number of benzene rings is 2. The molecule has 8 heteroatoms. The van der Waals surface area contributed by atoms with E-state index in [1.54, 1.807) is 32.1 Å². The highest BCUT2D eigenvalue weighted by Gasteiger charge is 2.33. The first-order valence-corrected chi connectivity index (χ1v) is 11.4. The average Bonchev–Trinajstić information content (AvgIpc) is 3.22. The van der Waals surface area contributed by atoms with Crippen LogP contribution in [0.15, 0.2) is 41.3 Å². The molecule has 1 aliphatic heterocycles. The van der Waals surface area contributed by atoms with Gasteiger partial charge < -0.3 is 14.4 Å². The monoisotopic (exact) mass is 432 g/mol. The maximum Gasteiger partial charge on any atom is 0.254 e. The van der Waals surface area contributed by atoms with Crippen LogP contribution in [0.3, 0.4) is 0 Å². The zero-order valence-corrected chi connectivity index (χ0v) is 18.6. The molecule has 1 aliphatic rings. The Kier molecular flexibility index (Phi) is 6.67. The molecule has 7 nitrogen and oxygen atoms in total. The molecule has 30 heavy (non-hydrogen) atoms. The first-order chi connectivity index (χ1) is 14.3. The van der Waals surface area contributed by atoms with Gasteiger partial charge in [0.05, 0.1) is 25.2 Å². The molecular formula is C22H28N2O5S. The van der Waals surface area contributed by atoms with Crippen LogP contribution >= 0.6 is 0 Å². The van der Waals surface area contributed by atoms with Gasteiger partial charge in [0.1, 0.15) is 11.5 Å². The normalized spacial score (nSPS) is 16.5. The summed E-state index contributed by atoms with van der Waals surface area (Å²) >= 11 is 0. The summed E-state index contributed by atoms with van der Waals surface area (Å²) in [5.74, 6) is 1.17. The molecule has 2 aromatic carbocycles. The van der Waals surface area contributed by atoms with Gasteiger partial charge in [-0.15, -0.1) is 0 Å². The summed E-state index contributed by atoms with van der Waals surface area (Å²) in [7, 11) is -0.455. The third-order valence-corrected chi connectivity index (χ3v) is 6.94. The van der Waals surface area contributed by atoms with Gasteiger partial charge in [-0.3, -0.25) is 4.79 Å². The standard InChI is InChI=1S/C22H28N2O5S/c1-5-23-30(26,27)17-10-8-15(2)19(14-17)22(25)24-12-6-7-20(24)18-11-9-16(28-3)13-21(18)29-4/h8-11,13-14,20,23H,5-7,12H2,1-4H3. The predicted octanol–water partition coefficient (Wildman–Crippen LogP) is 3.29. The molecule has 0 bridgehead atoms. The van der Waals surface area contributed by atoms with E-state index in [1.807, 2.05) is 25.1 Å². The molecule has 1 saturated heterocycles. The number of aryl methyl sites for hydroxylation is 1. The van der Waals surface area contributed by atoms with Crippen LogP contribution in [0.4, 0.5) is 0 Å². The third kappa shape index (κ3) is 4.29. The number of hydrogen-bond acceptors (Lipinski definition) is 5. The van der Waals surface area contributed by atoms with Gasteiger partial charge in [-0.1, -0.05) is 13.0 Å². The largest absolute Gasteiger partial charge is 0.497 e. The SMILES string of the molecule is CCNS(=O)(=O)c1ccc(C)c(C(=O)N2CCCC2c2ccc(OC)cc2OC)c1. The number of carbonyl (C=O) groups excluding carboxylic acids is 1. The molecule has 162 valence electrons. The first kappa shape index (κ1) is 22.1. The van der Waals surface area contributed by atoms with E-state index in [1.165, 1.54) is 12.1 Å². The molecule has 1 N–H and O–H groups in total. The highest BCUT2D eigenvalue weighted by atomic mass is 32.2. The van der Waals surface area contributed by atoms with Crippen LogP contribution in [0.25, 0.3) is 0 Å². The summed E-state index contributed by atoms with van der Waals surface area (Å²) in [5, 5.41) is 0. The lowest BCUT2D eigenvalue weighted by Crippen LogP contribution is -2.31. The van der Waals surface area contributed by atoms with Crippen molar-refractivity contribution in [2.45, 2.75) is 37.6 Å². The average molecular weight is 433 g/mol. The Bertz CT molecular complexity index is 1040. The summed E-state index contributed by atoms with van der Waals surface area (Å²) in [4.78, 5) is 15.4. The summed E-state index contributed by atoms with van der Waals surface area (Å²) < 4.78 is 38.1. The van der Waals surface area contributed by atoms with E-state index in [0.29, 0.717) is 23.6 Å². The number of ether oxygens (including phenoxy) is 2. The molecule has 1 fully saturated rings. The summed E-state index contributed by atoms with van der Waals surface area (Å²) in [5.41, 5.74) is 2.05. The van der Waals surface area contributed by atoms with Crippen molar-refractivity contribution >= 4 is 15.9 Å². The lowest BCUT2D eigenvalue weighted by Gasteiger charge is -2.27. The number of nitrogens with one attached hydrogen (secondary N) is 1. The number of rotatable bonds is 7. The van der Waals surface area contributed by atoms with Gasteiger partial charge in [-0.25, -0.2) is 13.1 Å². The van der Waals surface area contributed by atoms with Crippen molar-refractivity contribution in [2.75, 3.05) is 27.3 Å². The van der Waals surface area contributed by atoms with Crippen molar-refractivity contribution < 1.29 is 22.7 Å². The van der Waals surface area contributed by atoms with Crippen LogP contribution in [-0.4, -0.2) is 46.5 Å². The van der Waals surface area contributed by atoms with E-state index in [-0.39, 0.29) is 23.4 Å². The quantitative estimate of drug-likeness (QED) is 0.726. The predicted molar refractivity (Wildman–Crippen MR) is 115 cm³/mol. The Labute approximate surface area is 178 Å². The lowest BCUT2D eigenvalue weighted by atomic mass is 10.0. The van der Waals surface area contributed by atoms with Gasteiger partial charge in [-0.05, 0) is 49.6 Å². The van der Waals surface area contributed by atoms with Crippen molar-refractivity contribution in [3.8, 4) is 11.5 Å². The molecule has 1 atom stereocenters. The number of amides is 1. The Morgan fingerprint density at radius 3 is 2.60 bits per heavy atom. The first-order valence-electron chi connectivity index (χ1n) is 9.95. The second-order valence-corrected chi connectivity index (χ2v) is 9.01. The fraction of sp³-hybridized carbons (Fsp3) is 0.409. The molecule has 3 rings (SSSR count). The lowest BCUT2D eigenvalue weighted by molar-refractivity contribution is 0.0733.